The molecule has 9 heteroatoms. The Morgan fingerprint density at radius 2 is 1.94 bits per heavy atom. The molecular formula is C23H23N3O5S. The molecule has 0 N–H and O–H groups in total. The average molecular weight is 454 g/mol. The van der Waals surface area contributed by atoms with E-state index in [0.717, 1.165) is 5.39 Å². The lowest BCUT2D eigenvalue weighted by atomic mass is 10.1. The van der Waals surface area contributed by atoms with Crippen LogP contribution in [0.15, 0.2) is 58.1 Å². The van der Waals surface area contributed by atoms with Crippen LogP contribution in [0.2, 0.25) is 0 Å². The summed E-state index contributed by atoms with van der Waals surface area (Å²) in [6.07, 6.45) is 3.21. The lowest BCUT2D eigenvalue weighted by Crippen LogP contribution is -2.19. The molecule has 0 aliphatic carbocycles. The van der Waals surface area contributed by atoms with Crippen LogP contribution in [0.3, 0.4) is 0 Å². The number of hydrogen-bond donors (Lipinski definition) is 0. The standard InChI is InChI=1S/C23H23N3O5S/c1-14(2)32(28,29)13-17-11-19(16-10-15(3)22(27)26(4)12-16)25-23(24-17)31-21-7-5-6-20-18(21)8-9-30-20/h5-12,14H,13H2,1-4H3. The van der Waals surface area contributed by atoms with Gasteiger partial charge in [0.25, 0.3) is 5.56 Å². The van der Waals surface area contributed by atoms with E-state index >= 15 is 0 Å². The molecule has 0 aliphatic rings. The summed E-state index contributed by atoms with van der Waals surface area (Å²) < 4.78 is 37.9. The second-order valence-electron chi connectivity index (χ2n) is 7.90. The van der Waals surface area contributed by atoms with E-state index in [1.54, 1.807) is 70.6 Å². The third-order valence-corrected chi connectivity index (χ3v) is 7.28. The van der Waals surface area contributed by atoms with Gasteiger partial charge in [-0.15, -0.1) is 0 Å². The number of aryl methyl sites for hydroxylation is 2. The first-order valence-electron chi connectivity index (χ1n) is 10.1. The zero-order chi connectivity index (χ0) is 23.0. The van der Waals surface area contributed by atoms with Crippen LogP contribution in [0.25, 0.3) is 22.2 Å². The first kappa shape index (κ1) is 21.8. The van der Waals surface area contributed by atoms with Crippen molar-refractivity contribution in [2.75, 3.05) is 0 Å². The average Bonchev–Trinajstić information content (AvgIpc) is 3.21. The summed E-state index contributed by atoms with van der Waals surface area (Å²) in [6, 6.07) is 10.5. The molecule has 8 nitrogen and oxygen atoms in total. The second-order valence-corrected chi connectivity index (χ2v) is 10.5. The van der Waals surface area contributed by atoms with Crippen molar-refractivity contribution >= 4 is 20.8 Å². The van der Waals surface area contributed by atoms with Crippen molar-refractivity contribution < 1.29 is 17.6 Å². The van der Waals surface area contributed by atoms with Crippen LogP contribution in [0, 0.1) is 6.92 Å². The van der Waals surface area contributed by atoms with Crippen LogP contribution in [-0.4, -0.2) is 28.2 Å². The highest BCUT2D eigenvalue weighted by Crippen LogP contribution is 2.30. The van der Waals surface area contributed by atoms with E-state index in [0.29, 0.717) is 33.8 Å². The molecule has 0 saturated heterocycles. The lowest BCUT2D eigenvalue weighted by Gasteiger charge is -2.12. The molecule has 0 saturated carbocycles. The summed E-state index contributed by atoms with van der Waals surface area (Å²) >= 11 is 0. The molecule has 0 amide bonds. The molecule has 1 aromatic carbocycles. The normalized spacial score (nSPS) is 11.9. The maximum absolute atomic E-state index is 12.6. The molecule has 32 heavy (non-hydrogen) atoms. The Balaban J connectivity index is 1.84. The minimum Gasteiger partial charge on any atom is -0.464 e. The highest BCUT2D eigenvalue weighted by Gasteiger charge is 2.20. The van der Waals surface area contributed by atoms with Gasteiger partial charge in [0.1, 0.15) is 11.3 Å². The highest BCUT2D eigenvalue weighted by molar-refractivity contribution is 7.91. The van der Waals surface area contributed by atoms with Crippen LogP contribution < -0.4 is 10.3 Å². The van der Waals surface area contributed by atoms with Gasteiger partial charge in [0, 0.05) is 24.4 Å². The van der Waals surface area contributed by atoms with Crippen molar-refractivity contribution in [2.24, 2.45) is 7.05 Å². The maximum atomic E-state index is 12.6. The van der Waals surface area contributed by atoms with Gasteiger partial charge in [-0.1, -0.05) is 6.07 Å². The molecule has 0 bridgehead atoms. The third kappa shape index (κ3) is 4.29. The topological polar surface area (TPSA) is 104 Å². The number of pyridine rings is 1. The van der Waals surface area contributed by atoms with Crippen molar-refractivity contribution in [1.29, 1.82) is 0 Å². The fourth-order valence-electron chi connectivity index (χ4n) is 3.28. The molecule has 3 aromatic heterocycles. The molecule has 0 atom stereocenters. The Morgan fingerprint density at radius 1 is 1.16 bits per heavy atom. The minimum atomic E-state index is -3.40. The first-order chi connectivity index (χ1) is 15.1. The summed E-state index contributed by atoms with van der Waals surface area (Å²) in [5.74, 6) is 0.236. The number of sulfone groups is 1. The lowest BCUT2D eigenvalue weighted by molar-refractivity contribution is 0.445. The van der Waals surface area contributed by atoms with Crippen molar-refractivity contribution in [3.63, 3.8) is 0 Å². The largest absolute Gasteiger partial charge is 0.464 e. The minimum absolute atomic E-state index is 0.0108. The summed E-state index contributed by atoms with van der Waals surface area (Å²) in [4.78, 5) is 21.0. The summed E-state index contributed by atoms with van der Waals surface area (Å²) in [6.45, 7) is 4.98. The molecule has 0 spiro atoms. The van der Waals surface area contributed by atoms with Crippen molar-refractivity contribution in [3.8, 4) is 23.0 Å². The van der Waals surface area contributed by atoms with E-state index in [1.165, 1.54) is 4.57 Å². The Bertz CT molecular complexity index is 1440. The van der Waals surface area contributed by atoms with Gasteiger partial charge >= 0.3 is 6.01 Å². The molecule has 4 rings (SSSR count). The highest BCUT2D eigenvalue weighted by atomic mass is 32.2. The first-order valence-corrected chi connectivity index (χ1v) is 11.8. The second kappa shape index (κ2) is 8.23. The molecular weight excluding hydrogens is 430 g/mol. The summed E-state index contributed by atoms with van der Waals surface area (Å²) in [5.41, 5.74) is 2.50. The Morgan fingerprint density at radius 3 is 2.66 bits per heavy atom. The summed E-state index contributed by atoms with van der Waals surface area (Å²) in [5, 5.41) is 0.195. The number of fused-ring (bicyclic) bond motifs is 1. The predicted octanol–water partition coefficient (Wildman–Crippen LogP) is 4.01. The van der Waals surface area contributed by atoms with Gasteiger partial charge in [-0.3, -0.25) is 4.79 Å². The number of hydrogen-bond acceptors (Lipinski definition) is 7. The Labute approximate surface area is 185 Å². The predicted molar refractivity (Wildman–Crippen MR) is 121 cm³/mol. The van der Waals surface area contributed by atoms with Crippen LogP contribution in [-0.2, 0) is 22.6 Å². The fraction of sp³-hybridized carbons (Fsp3) is 0.261. The van der Waals surface area contributed by atoms with Gasteiger partial charge in [-0.2, -0.15) is 9.97 Å². The van der Waals surface area contributed by atoms with Crippen LogP contribution >= 0.6 is 0 Å². The van der Waals surface area contributed by atoms with E-state index in [2.05, 4.69) is 9.97 Å². The zero-order valence-electron chi connectivity index (χ0n) is 18.2. The van der Waals surface area contributed by atoms with Crippen molar-refractivity contribution in [3.05, 3.63) is 70.5 Å². The van der Waals surface area contributed by atoms with Crippen LogP contribution in [0.5, 0.6) is 11.8 Å². The molecule has 0 aliphatic heterocycles. The van der Waals surface area contributed by atoms with Crippen LogP contribution in [0.1, 0.15) is 25.1 Å². The smallest absolute Gasteiger partial charge is 0.322 e. The van der Waals surface area contributed by atoms with E-state index in [4.69, 9.17) is 9.15 Å². The van der Waals surface area contributed by atoms with Gasteiger partial charge in [-0.25, -0.2) is 8.42 Å². The van der Waals surface area contributed by atoms with Crippen molar-refractivity contribution in [2.45, 2.75) is 31.8 Å². The van der Waals surface area contributed by atoms with E-state index in [1.807, 2.05) is 6.07 Å². The molecule has 0 unspecified atom stereocenters. The molecule has 3 heterocycles. The Kier molecular flexibility index (Phi) is 5.60. The van der Waals surface area contributed by atoms with Gasteiger partial charge in [-0.05, 0) is 51.1 Å². The van der Waals surface area contributed by atoms with Crippen LogP contribution in [0.4, 0.5) is 0 Å². The molecule has 166 valence electrons. The number of benzene rings is 1. The number of aromatic nitrogens is 3. The maximum Gasteiger partial charge on any atom is 0.322 e. The Hall–Kier alpha value is -3.46. The van der Waals surface area contributed by atoms with E-state index in [-0.39, 0.29) is 17.3 Å². The summed E-state index contributed by atoms with van der Waals surface area (Å²) in [7, 11) is -1.75. The monoisotopic (exact) mass is 453 g/mol. The number of nitrogens with zero attached hydrogens (tertiary/aromatic N) is 3. The number of rotatable bonds is 6. The number of furan rings is 1. The van der Waals surface area contributed by atoms with Crippen molar-refractivity contribution in [1.82, 2.24) is 14.5 Å². The molecule has 0 radical (unpaired) electrons. The van der Waals surface area contributed by atoms with E-state index < -0.39 is 15.1 Å². The quantitative estimate of drug-likeness (QED) is 0.434. The van der Waals surface area contributed by atoms with Gasteiger partial charge in [0.05, 0.1) is 34.0 Å². The van der Waals surface area contributed by atoms with Gasteiger partial charge < -0.3 is 13.7 Å². The zero-order valence-corrected chi connectivity index (χ0v) is 19.0. The SMILES string of the molecule is Cc1cc(-c2cc(CS(=O)(=O)C(C)C)nc(Oc3cccc4occc34)n2)cn(C)c1=O. The molecule has 0 fully saturated rings. The van der Waals surface area contributed by atoms with Gasteiger partial charge in [0.2, 0.25) is 0 Å². The van der Waals surface area contributed by atoms with E-state index in [9.17, 15) is 13.2 Å². The fourth-order valence-corrected chi connectivity index (χ4v) is 4.18. The number of ether oxygens (including phenoxy) is 1. The third-order valence-electron chi connectivity index (χ3n) is 5.14. The van der Waals surface area contributed by atoms with Gasteiger partial charge in [0.15, 0.2) is 9.84 Å². The molecule has 4 aromatic rings.